The van der Waals surface area contributed by atoms with Crippen LogP contribution in [0.15, 0.2) is 78.9 Å². The fourth-order valence-corrected chi connectivity index (χ4v) is 3.45. The summed E-state index contributed by atoms with van der Waals surface area (Å²) in [4.78, 5) is 29.6. The minimum absolute atomic E-state index is 0.125. The van der Waals surface area contributed by atoms with Crippen molar-refractivity contribution in [3.8, 4) is 0 Å². The monoisotopic (exact) mass is 398 g/mol. The quantitative estimate of drug-likeness (QED) is 0.473. The molecule has 0 saturated carbocycles. The van der Waals surface area contributed by atoms with Gasteiger partial charge in [0.05, 0.1) is 23.7 Å². The van der Waals surface area contributed by atoms with Crippen molar-refractivity contribution in [1.29, 1.82) is 0 Å². The van der Waals surface area contributed by atoms with Gasteiger partial charge in [-0.1, -0.05) is 72.8 Å². The highest BCUT2D eigenvalue weighted by atomic mass is 16.5. The number of ether oxygens (including phenoxy) is 1. The van der Waals surface area contributed by atoms with E-state index in [1.165, 1.54) is 0 Å². The Labute approximate surface area is 174 Å². The first kappa shape index (κ1) is 19.6. The maximum Gasteiger partial charge on any atom is 0.408 e. The molecule has 4 rings (SSSR count). The summed E-state index contributed by atoms with van der Waals surface area (Å²) in [5, 5.41) is 5.68. The molecule has 0 aliphatic rings. The van der Waals surface area contributed by atoms with Crippen molar-refractivity contribution in [1.82, 2.24) is 10.3 Å². The fraction of sp³-hybridized carbons (Fsp3) is 0.160. The molecule has 5 nitrogen and oxygen atoms in total. The first-order valence-corrected chi connectivity index (χ1v) is 9.88. The molecule has 1 amide bonds. The second-order valence-corrected chi connectivity index (χ2v) is 7.19. The molecular weight excluding hydrogens is 376 g/mol. The van der Waals surface area contributed by atoms with Crippen LogP contribution in [0.3, 0.4) is 0 Å². The van der Waals surface area contributed by atoms with Crippen molar-refractivity contribution < 1.29 is 14.3 Å². The highest BCUT2D eigenvalue weighted by Crippen LogP contribution is 2.26. The van der Waals surface area contributed by atoms with Gasteiger partial charge in [-0.15, -0.1) is 0 Å². The fourth-order valence-electron chi connectivity index (χ4n) is 3.45. The number of nitrogens with zero attached hydrogens (tertiary/aromatic N) is 1. The molecule has 0 spiro atoms. The summed E-state index contributed by atoms with van der Waals surface area (Å²) in [6.07, 6.45) is -0.484. The highest BCUT2D eigenvalue weighted by molar-refractivity contribution is 6.07. The van der Waals surface area contributed by atoms with E-state index in [0.717, 1.165) is 27.2 Å². The largest absolute Gasteiger partial charge is 0.445 e. The van der Waals surface area contributed by atoms with Crippen LogP contribution in [0.25, 0.3) is 21.7 Å². The number of rotatable bonds is 6. The molecule has 30 heavy (non-hydrogen) atoms. The minimum Gasteiger partial charge on any atom is -0.445 e. The molecule has 0 aliphatic carbocycles. The molecule has 1 atom stereocenters. The normalized spacial score (nSPS) is 11.9. The summed E-state index contributed by atoms with van der Waals surface area (Å²) in [6.45, 7) is 1.82. The molecule has 4 aromatic rings. The highest BCUT2D eigenvalue weighted by Gasteiger charge is 2.19. The van der Waals surface area contributed by atoms with Crippen molar-refractivity contribution in [2.75, 3.05) is 0 Å². The summed E-state index contributed by atoms with van der Waals surface area (Å²) >= 11 is 0. The number of hydrogen-bond donors (Lipinski definition) is 1. The number of Topliss-reactive ketones (excluding diaryl/α,β-unsaturated/α-hetero) is 1. The van der Waals surface area contributed by atoms with E-state index < -0.39 is 12.1 Å². The van der Waals surface area contributed by atoms with Gasteiger partial charge in [0.15, 0.2) is 5.78 Å². The van der Waals surface area contributed by atoms with Gasteiger partial charge in [-0.2, -0.15) is 0 Å². The number of carbonyl (C=O) groups excluding carboxylic acids is 2. The Kier molecular flexibility index (Phi) is 5.70. The summed E-state index contributed by atoms with van der Waals surface area (Å²) < 4.78 is 5.21. The summed E-state index contributed by atoms with van der Waals surface area (Å²) in [6, 6.07) is 24.5. The zero-order valence-corrected chi connectivity index (χ0v) is 16.7. The van der Waals surface area contributed by atoms with E-state index in [1.807, 2.05) is 78.9 Å². The SMILES string of the molecule is C[C@H](NC(=O)OCc1ccccc1)C(=O)Cc1nc2ccccc2c2ccccc12. The van der Waals surface area contributed by atoms with Gasteiger partial charge in [0.2, 0.25) is 0 Å². The Balaban J connectivity index is 1.46. The van der Waals surface area contributed by atoms with Gasteiger partial charge in [-0.3, -0.25) is 9.78 Å². The topological polar surface area (TPSA) is 68.3 Å². The van der Waals surface area contributed by atoms with E-state index in [2.05, 4.69) is 5.32 Å². The molecule has 3 aromatic carbocycles. The number of benzene rings is 3. The van der Waals surface area contributed by atoms with Gasteiger partial charge in [0, 0.05) is 10.8 Å². The van der Waals surface area contributed by atoms with Gasteiger partial charge in [-0.05, 0) is 23.9 Å². The van der Waals surface area contributed by atoms with Crippen molar-refractivity contribution >= 4 is 33.6 Å². The van der Waals surface area contributed by atoms with Gasteiger partial charge < -0.3 is 10.1 Å². The zero-order chi connectivity index (χ0) is 20.9. The Morgan fingerprint density at radius 1 is 0.867 bits per heavy atom. The van der Waals surface area contributed by atoms with E-state index >= 15 is 0 Å². The van der Waals surface area contributed by atoms with Gasteiger partial charge >= 0.3 is 6.09 Å². The van der Waals surface area contributed by atoms with Crippen LogP contribution in [0.5, 0.6) is 0 Å². The maximum atomic E-state index is 12.8. The Hall–Kier alpha value is -3.73. The number of para-hydroxylation sites is 1. The van der Waals surface area contributed by atoms with Crippen LogP contribution in [0.1, 0.15) is 18.2 Å². The number of hydrogen-bond acceptors (Lipinski definition) is 4. The number of fused-ring (bicyclic) bond motifs is 3. The van der Waals surface area contributed by atoms with Crippen molar-refractivity contribution in [3.05, 3.63) is 90.1 Å². The number of aromatic nitrogens is 1. The molecule has 5 heteroatoms. The van der Waals surface area contributed by atoms with Gasteiger partial charge in [0.1, 0.15) is 6.61 Å². The van der Waals surface area contributed by atoms with E-state index in [9.17, 15) is 9.59 Å². The van der Waals surface area contributed by atoms with Crippen LogP contribution in [0.4, 0.5) is 4.79 Å². The van der Waals surface area contributed by atoms with Crippen LogP contribution in [0.2, 0.25) is 0 Å². The lowest BCUT2D eigenvalue weighted by Crippen LogP contribution is -2.39. The van der Waals surface area contributed by atoms with Crippen LogP contribution < -0.4 is 5.32 Å². The van der Waals surface area contributed by atoms with Gasteiger partial charge in [0.25, 0.3) is 0 Å². The van der Waals surface area contributed by atoms with E-state index in [-0.39, 0.29) is 18.8 Å². The Morgan fingerprint density at radius 3 is 2.27 bits per heavy atom. The van der Waals surface area contributed by atoms with E-state index in [0.29, 0.717) is 5.69 Å². The molecular formula is C25H22N2O3. The number of pyridine rings is 1. The third kappa shape index (κ3) is 4.30. The average molecular weight is 398 g/mol. The molecule has 0 aliphatic heterocycles. The molecule has 0 unspecified atom stereocenters. The van der Waals surface area contributed by atoms with Crippen LogP contribution in [0, 0.1) is 0 Å². The number of amides is 1. The maximum absolute atomic E-state index is 12.8. The van der Waals surface area contributed by atoms with Gasteiger partial charge in [-0.25, -0.2) is 4.79 Å². The second kappa shape index (κ2) is 8.74. The van der Waals surface area contributed by atoms with Crippen molar-refractivity contribution in [3.63, 3.8) is 0 Å². The third-order valence-electron chi connectivity index (χ3n) is 5.06. The smallest absolute Gasteiger partial charge is 0.408 e. The molecule has 1 N–H and O–H groups in total. The molecule has 0 fully saturated rings. The lowest BCUT2D eigenvalue weighted by molar-refractivity contribution is -0.120. The van der Waals surface area contributed by atoms with E-state index in [1.54, 1.807) is 6.92 Å². The first-order chi connectivity index (χ1) is 14.6. The number of alkyl carbamates (subject to hydrolysis) is 1. The van der Waals surface area contributed by atoms with E-state index in [4.69, 9.17) is 9.72 Å². The summed E-state index contributed by atoms with van der Waals surface area (Å²) in [5.74, 6) is -0.125. The molecule has 0 bridgehead atoms. The van der Waals surface area contributed by atoms with Crippen molar-refractivity contribution in [2.24, 2.45) is 0 Å². The summed E-state index contributed by atoms with van der Waals surface area (Å²) in [5.41, 5.74) is 2.45. The standard InChI is InChI=1S/C25H22N2O3/c1-17(26-25(29)30-16-18-9-3-2-4-10-18)24(28)15-23-21-13-6-5-11-19(21)20-12-7-8-14-22(20)27-23/h2-14,17H,15-16H2,1H3,(H,26,29)/t17-/m0/s1. The number of carbonyl (C=O) groups is 2. The van der Waals surface area contributed by atoms with Crippen LogP contribution in [-0.2, 0) is 22.6 Å². The zero-order valence-electron chi connectivity index (χ0n) is 16.7. The third-order valence-corrected chi connectivity index (χ3v) is 5.06. The molecule has 1 aromatic heterocycles. The second-order valence-electron chi connectivity index (χ2n) is 7.19. The number of ketones is 1. The van der Waals surface area contributed by atoms with Crippen molar-refractivity contribution in [2.45, 2.75) is 26.0 Å². The number of nitrogens with one attached hydrogen (secondary N) is 1. The molecule has 1 heterocycles. The molecule has 0 radical (unpaired) electrons. The van der Waals surface area contributed by atoms with Crippen LogP contribution >= 0.6 is 0 Å². The Morgan fingerprint density at radius 2 is 1.50 bits per heavy atom. The summed E-state index contributed by atoms with van der Waals surface area (Å²) in [7, 11) is 0. The molecule has 150 valence electrons. The lowest BCUT2D eigenvalue weighted by Gasteiger charge is -2.14. The average Bonchev–Trinajstić information content (AvgIpc) is 2.78. The lowest BCUT2D eigenvalue weighted by atomic mass is 10.00. The first-order valence-electron chi connectivity index (χ1n) is 9.88. The predicted molar refractivity (Wildman–Crippen MR) is 117 cm³/mol. The minimum atomic E-state index is -0.680. The van der Waals surface area contributed by atoms with Crippen LogP contribution in [-0.4, -0.2) is 22.9 Å². The Bertz CT molecular complexity index is 1200. The molecule has 0 saturated heterocycles. The predicted octanol–water partition coefficient (Wildman–Crippen LogP) is 4.81.